The fraction of sp³-hybridized carbons (Fsp3) is 0.400. The van der Waals surface area contributed by atoms with E-state index in [4.69, 9.17) is 0 Å². The minimum Gasteiger partial charge on any atom is -0.392 e. The number of hydrogen-bond donors (Lipinski definition) is 1. The van der Waals surface area contributed by atoms with E-state index in [9.17, 15) is 5.11 Å². The molecule has 1 fully saturated rings. The van der Waals surface area contributed by atoms with Crippen LogP contribution in [0, 0.1) is 5.92 Å². The van der Waals surface area contributed by atoms with Crippen molar-refractivity contribution in [2.24, 2.45) is 5.92 Å². The number of aromatic nitrogens is 1. The number of benzene rings is 1. The molecule has 1 aromatic heterocycles. The van der Waals surface area contributed by atoms with Crippen molar-refractivity contribution in [3.05, 3.63) is 42.1 Å². The third kappa shape index (κ3) is 2.05. The second-order valence-corrected chi connectivity index (χ2v) is 4.95. The first-order valence-corrected chi connectivity index (χ1v) is 6.35. The molecule has 88 valence electrons. The fourth-order valence-corrected chi connectivity index (χ4v) is 2.55. The zero-order valence-electron chi connectivity index (χ0n) is 9.84. The highest BCUT2D eigenvalue weighted by Crippen LogP contribution is 2.31. The second kappa shape index (κ2) is 4.46. The maximum atomic E-state index is 10.2. The molecule has 0 radical (unpaired) electrons. The number of nitrogens with zero attached hydrogens (tertiary/aromatic N) is 1. The fourth-order valence-electron chi connectivity index (χ4n) is 2.55. The minimum absolute atomic E-state index is 0.186. The van der Waals surface area contributed by atoms with Crippen LogP contribution in [0.3, 0.4) is 0 Å². The van der Waals surface area contributed by atoms with Crippen LogP contribution in [0.4, 0.5) is 0 Å². The average molecular weight is 227 g/mol. The lowest BCUT2D eigenvalue weighted by Gasteiger charge is -2.30. The van der Waals surface area contributed by atoms with E-state index in [-0.39, 0.29) is 6.10 Å². The average Bonchev–Trinajstić information content (AvgIpc) is 2.27. The van der Waals surface area contributed by atoms with Gasteiger partial charge in [0.2, 0.25) is 0 Å². The molecule has 0 amide bonds. The Kier molecular flexibility index (Phi) is 2.81. The quantitative estimate of drug-likeness (QED) is 0.874. The van der Waals surface area contributed by atoms with Crippen molar-refractivity contribution in [3.8, 4) is 0 Å². The number of aliphatic hydroxyl groups is 1. The topological polar surface area (TPSA) is 33.1 Å². The van der Waals surface area contributed by atoms with E-state index in [2.05, 4.69) is 11.1 Å². The largest absolute Gasteiger partial charge is 0.392 e. The summed E-state index contributed by atoms with van der Waals surface area (Å²) in [4.78, 5) is 4.35. The molecule has 1 aliphatic carbocycles. The number of rotatable bonds is 3. The molecule has 1 aliphatic rings. The van der Waals surface area contributed by atoms with Crippen LogP contribution < -0.4 is 0 Å². The normalized spacial score (nSPS) is 17.9. The van der Waals surface area contributed by atoms with Gasteiger partial charge in [0.15, 0.2) is 0 Å². The first-order chi connectivity index (χ1) is 8.34. The molecule has 1 atom stereocenters. The summed E-state index contributed by atoms with van der Waals surface area (Å²) in [6.07, 6.45) is 6.06. The lowest BCUT2D eigenvalue weighted by atomic mass is 9.79. The van der Waals surface area contributed by atoms with Crippen molar-refractivity contribution in [3.63, 3.8) is 0 Å². The molecule has 2 nitrogen and oxygen atoms in total. The highest BCUT2D eigenvalue weighted by atomic mass is 16.3. The molecule has 1 aromatic carbocycles. The lowest BCUT2D eigenvalue weighted by molar-refractivity contribution is 0.0632. The van der Waals surface area contributed by atoms with Crippen molar-refractivity contribution < 1.29 is 5.11 Å². The highest BCUT2D eigenvalue weighted by Gasteiger charge is 2.25. The van der Waals surface area contributed by atoms with Gasteiger partial charge in [-0.15, -0.1) is 0 Å². The first kappa shape index (κ1) is 10.7. The van der Waals surface area contributed by atoms with Crippen LogP contribution >= 0.6 is 0 Å². The molecule has 1 heterocycles. The van der Waals surface area contributed by atoms with Crippen molar-refractivity contribution in [1.82, 2.24) is 4.98 Å². The minimum atomic E-state index is -0.186. The molecule has 0 saturated heterocycles. The maximum Gasteiger partial charge on any atom is 0.0704 e. The molecule has 17 heavy (non-hydrogen) atoms. The summed E-state index contributed by atoms with van der Waals surface area (Å²) >= 11 is 0. The summed E-state index contributed by atoms with van der Waals surface area (Å²) in [7, 11) is 0. The number of aliphatic hydroxyl groups excluding tert-OH is 1. The van der Waals surface area contributed by atoms with Gasteiger partial charge in [-0.05, 0) is 42.9 Å². The van der Waals surface area contributed by atoms with Gasteiger partial charge in [0, 0.05) is 11.6 Å². The van der Waals surface area contributed by atoms with Gasteiger partial charge < -0.3 is 5.11 Å². The van der Waals surface area contributed by atoms with Crippen LogP contribution in [0.5, 0.6) is 0 Å². The van der Waals surface area contributed by atoms with Crippen LogP contribution in [0.1, 0.15) is 24.8 Å². The Morgan fingerprint density at radius 2 is 2.06 bits per heavy atom. The Morgan fingerprint density at radius 3 is 2.82 bits per heavy atom. The van der Waals surface area contributed by atoms with E-state index < -0.39 is 0 Å². The van der Waals surface area contributed by atoms with Gasteiger partial charge in [-0.25, -0.2) is 0 Å². The summed E-state index contributed by atoms with van der Waals surface area (Å²) in [5.41, 5.74) is 2.24. The molecule has 2 aromatic rings. The smallest absolute Gasteiger partial charge is 0.0704 e. The van der Waals surface area contributed by atoms with E-state index in [1.54, 1.807) is 0 Å². The van der Waals surface area contributed by atoms with Gasteiger partial charge in [-0.1, -0.05) is 24.6 Å². The predicted molar refractivity (Wildman–Crippen MR) is 68.8 cm³/mol. The molecular weight excluding hydrogens is 210 g/mol. The zero-order chi connectivity index (χ0) is 11.7. The van der Waals surface area contributed by atoms with Gasteiger partial charge in [-0.2, -0.15) is 0 Å². The van der Waals surface area contributed by atoms with Gasteiger partial charge in [-0.3, -0.25) is 4.98 Å². The Hall–Kier alpha value is -1.41. The van der Waals surface area contributed by atoms with Crippen molar-refractivity contribution in [2.75, 3.05) is 0 Å². The second-order valence-electron chi connectivity index (χ2n) is 4.95. The molecule has 1 unspecified atom stereocenters. The lowest BCUT2D eigenvalue weighted by Crippen LogP contribution is -2.28. The number of pyridine rings is 1. The number of hydrogen-bond acceptors (Lipinski definition) is 2. The molecule has 1 saturated carbocycles. The molecule has 0 bridgehead atoms. The SMILES string of the molecule is OC(Cc1ccnc2ccccc12)C1CCC1. The van der Waals surface area contributed by atoms with Crippen molar-refractivity contribution in [1.29, 1.82) is 0 Å². The molecule has 2 heteroatoms. The number of fused-ring (bicyclic) bond motifs is 1. The Morgan fingerprint density at radius 1 is 1.24 bits per heavy atom. The summed E-state index contributed by atoms with van der Waals surface area (Å²) in [5, 5.41) is 11.3. The molecule has 0 spiro atoms. The third-order valence-corrected chi connectivity index (χ3v) is 3.86. The first-order valence-electron chi connectivity index (χ1n) is 6.35. The molecular formula is C15H17NO. The van der Waals surface area contributed by atoms with Crippen LogP contribution in [0.15, 0.2) is 36.5 Å². The van der Waals surface area contributed by atoms with E-state index in [1.807, 2.05) is 30.5 Å². The van der Waals surface area contributed by atoms with Crippen molar-refractivity contribution >= 4 is 10.9 Å². The van der Waals surface area contributed by atoms with Gasteiger partial charge >= 0.3 is 0 Å². The third-order valence-electron chi connectivity index (χ3n) is 3.86. The van der Waals surface area contributed by atoms with Crippen LogP contribution in [-0.4, -0.2) is 16.2 Å². The summed E-state index contributed by atoms with van der Waals surface area (Å²) in [6, 6.07) is 10.2. The van der Waals surface area contributed by atoms with Gasteiger partial charge in [0.25, 0.3) is 0 Å². The van der Waals surface area contributed by atoms with Crippen LogP contribution in [0.25, 0.3) is 10.9 Å². The van der Waals surface area contributed by atoms with Gasteiger partial charge in [0.1, 0.15) is 0 Å². The zero-order valence-corrected chi connectivity index (χ0v) is 9.84. The van der Waals surface area contributed by atoms with Crippen LogP contribution in [0.2, 0.25) is 0 Å². The summed E-state index contributed by atoms with van der Waals surface area (Å²) < 4.78 is 0. The molecule has 3 rings (SSSR count). The Labute approximate surface area is 101 Å². The highest BCUT2D eigenvalue weighted by molar-refractivity contribution is 5.81. The summed E-state index contributed by atoms with van der Waals surface area (Å²) in [6.45, 7) is 0. The standard InChI is InChI=1S/C15H17NO/c17-15(11-4-3-5-11)10-12-8-9-16-14-7-2-1-6-13(12)14/h1-2,6-9,11,15,17H,3-5,10H2. The van der Waals surface area contributed by atoms with Crippen molar-refractivity contribution in [2.45, 2.75) is 31.8 Å². The predicted octanol–water partition coefficient (Wildman–Crippen LogP) is 2.94. The molecule has 0 aliphatic heterocycles. The Bertz CT molecular complexity index is 514. The molecule has 1 N–H and O–H groups in total. The van der Waals surface area contributed by atoms with E-state index in [0.29, 0.717) is 5.92 Å². The number of para-hydroxylation sites is 1. The Balaban J connectivity index is 1.89. The van der Waals surface area contributed by atoms with E-state index in [0.717, 1.165) is 11.9 Å². The van der Waals surface area contributed by atoms with Crippen LogP contribution in [-0.2, 0) is 6.42 Å². The van der Waals surface area contributed by atoms with E-state index >= 15 is 0 Å². The van der Waals surface area contributed by atoms with Gasteiger partial charge in [0.05, 0.1) is 11.6 Å². The maximum absolute atomic E-state index is 10.2. The van der Waals surface area contributed by atoms with E-state index in [1.165, 1.54) is 30.2 Å². The summed E-state index contributed by atoms with van der Waals surface area (Å²) in [5.74, 6) is 0.516. The monoisotopic (exact) mass is 227 g/mol.